The molecule has 0 amide bonds. The number of aromatic nitrogens is 1. The fourth-order valence-electron chi connectivity index (χ4n) is 2.31. The lowest BCUT2D eigenvalue weighted by Gasteiger charge is -2.13. The maximum atomic E-state index is 12.3. The van der Waals surface area contributed by atoms with Gasteiger partial charge < -0.3 is 4.57 Å². The Kier molecular flexibility index (Phi) is 2.82. The normalized spacial score (nSPS) is 14.4. The van der Waals surface area contributed by atoms with E-state index in [1.165, 1.54) is 5.56 Å². The summed E-state index contributed by atoms with van der Waals surface area (Å²) in [5.41, 5.74) is 3.18. The van der Waals surface area contributed by atoms with Crippen molar-refractivity contribution in [2.24, 2.45) is 0 Å². The molecule has 0 atom stereocenters. The molecular weight excluding hydrogens is 238 g/mol. The Morgan fingerprint density at radius 3 is 2.37 bits per heavy atom. The van der Waals surface area contributed by atoms with Crippen LogP contribution in [0.3, 0.4) is 0 Å². The summed E-state index contributed by atoms with van der Waals surface area (Å²) in [5.74, 6) is 0. The number of hydrogen-bond donors (Lipinski definition) is 0. The summed E-state index contributed by atoms with van der Waals surface area (Å²) in [6.45, 7) is 2.03. The number of carbonyl (C=O) groups is 1. The molecule has 3 heteroatoms. The van der Waals surface area contributed by atoms with Crippen LogP contribution in [0.1, 0.15) is 34.8 Å². The van der Waals surface area contributed by atoms with Gasteiger partial charge in [-0.05, 0) is 37.5 Å². The second-order valence-corrected chi connectivity index (χ2v) is 5.06. The third-order valence-electron chi connectivity index (χ3n) is 3.53. The van der Waals surface area contributed by atoms with Gasteiger partial charge in [-0.15, -0.1) is 0 Å². The van der Waals surface area contributed by atoms with Crippen molar-refractivity contribution in [2.75, 3.05) is 0 Å². The van der Waals surface area contributed by atoms with E-state index in [2.05, 4.69) is 0 Å². The smallest absolute Gasteiger partial charge is 0.261 e. The van der Waals surface area contributed by atoms with Gasteiger partial charge >= 0.3 is 0 Å². The molecule has 1 saturated carbocycles. The summed E-state index contributed by atoms with van der Waals surface area (Å²) in [6, 6.07) is 11.8. The molecule has 96 valence electrons. The molecule has 1 aromatic carbocycles. The van der Waals surface area contributed by atoms with Gasteiger partial charge in [-0.2, -0.15) is 0 Å². The Morgan fingerprint density at radius 1 is 1.11 bits per heavy atom. The molecule has 2 aromatic rings. The van der Waals surface area contributed by atoms with Crippen LogP contribution in [0.5, 0.6) is 0 Å². The van der Waals surface area contributed by atoms with Crippen molar-refractivity contribution in [1.29, 1.82) is 0 Å². The second kappa shape index (κ2) is 4.50. The molecule has 1 aromatic heterocycles. The minimum absolute atomic E-state index is 0.171. The average molecular weight is 253 g/mol. The fourth-order valence-corrected chi connectivity index (χ4v) is 2.31. The molecule has 3 rings (SSSR count). The molecule has 0 spiro atoms. The zero-order chi connectivity index (χ0) is 13.4. The van der Waals surface area contributed by atoms with E-state index in [4.69, 9.17) is 0 Å². The third kappa shape index (κ3) is 2.12. The van der Waals surface area contributed by atoms with Crippen LogP contribution in [0.15, 0.2) is 41.2 Å². The van der Waals surface area contributed by atoms with Crippen molar-refractivity contribution in [3.63, 3.8) is 0 Å². The number of aryl methyl sites for hydroxylation is 1. The second-order valence-electron chi connectivity index (χ2n) is 5.06. The molecule has 0 N–H and O–H groups in total. The number of pyridine rings is 1. The first-order valence-electron chi connectivity index (χ1n) is 6.48. The van der Waals surface area contributed by atoms with Crippen LogP contribution < -0.4 is 5.56 Å². The van der Waals surface area contributed by atoms with Crippen molar-refractivity contribution in [3.8, 4) is 11.3 Å². The van der Waals surface area contributed by atoms with Gasteiger partial charge in [0, 0.05) is 6.04 Å². The number of rotatable bonds is 3. The number of carbonyl (C=O) groups excluding carboxylic acids is 1. The van der Waals surface area contributed by atoms with Crippen LogP contribution in [-0.2, 0) is 0 Å². The molecule has 0 unspecified atom stereocenters. The van der Waals surface area contributed by atoms with Gasteiger partial charge in [0.2, 0.25) is 0 Å². The van der Waals surface area contributed by atoms with E-state index in [0.717, 1.165) is 24.1 Å². The Labute approximate surface area is 111 Å². The Morgan fingerprint density at radius 2 is 1.79 bits per heavy atom. The van der Waals surface area contributed by atoms with E-state index in [1.807, 2.05) is 37.3 Å². The first-order valence-corrected chi connectivity index (χ1v) is 6.48. The maximum Gasteiger partial charge on any atom is 0.261 e. The van der Waals surface area contributed by atoms with E-state index in [-0.39, 0.29) is 17.2 Å². The van der Waals surface area contributed by atoms with Gasteiger partial charge in [0.25, 0.3) is 5.56 Å². The average Bonchev–Trinajstić information content (AvgIpc) is 3.23. The highest BCUT2D eigenvalue weighted by Crippen LogP contribution is 2.37. The molecule has 0 aliphatic heterocycles. The third-order valence-corrected chi connectivity index (χ3v) is 3.53. The minimum atomic E-state index is -0.171. The lowest BCUT2D eigenvalue weighted by Crippen LogP contribution is -2.24. The number of benzene rings is 1. The molecule has 1 aliphatic rings. The zero-order valence-corrected chi connectivity index (χ0v) is 10.8. The summed E-state index contributed by atoms with van der Waals surface area (Å²) < 4.78 is 1.77. The van der Waals surface area contributed by atoms with E-state index in [1.54, 1.807) is 10.6 Å². The molecule has 1 aliphatic carbocycles. The molecule has 1 heterocycles. The Hall–Kier alpha value is -2.16. The molecule has 3 nitrogen and oxygen atoms in total. The SMILES string of the molecule is Cc1ccc(-c2ccc(C=O)c(=O)n2C2CC2)cc1. The molecule has 0 radical (unpaired) electrons. The summed E-state index contributed by atoms with van der Waals surface area (Å²) in [5, 5.41) is 0. The van der Waals surface area contributed by atoms with E-state index in [0.29, 0.717) is 6.29 Å². The van der Waals surface area contributed by atoms with Gasteiger partial charge in [-0.1, -0.05) is 29.8 Å². The maximum absolute atomic E-state index is 12.3. The van der Waals surface area contributed by atoms with Crippen LogP contribution in [0, 0.1) is 6.92 Å². The topological polar surface area (TPSA) is 39.1 Å². The van der Waals surface area contributed by atoms with Crippen molar-refractivity contribution < 1.29 is 4.79 Å². The fraction of sp³-hybridized carbons (Fsp3) is 0.250. The molecule has 0 bridgehead atoms. The number of nitrogens with zero attached hydrogens (tertiary/aromatic N) is 1. The Bertz CT molecular complexity index is 679. The summed E-state index contributed by atoms with van der Waals surface area (Å²) in [4.78, 5) is 23.2. The van der Waals surface area contributed by atoms with Crippen molar-refractivity contribution in [3.05, 3.63) is 57.9 Å². The number of aldehydes is 1. The number of hydrogen-bond acceptors (Lipinski definition) is 2. The monoisotopic (exact) mass is 253 g/mol. The van der Waals surface area contributed by atoms with Gasteiger partial charge in [-0.25, -0.2) is 0 Å². The van der Waals surface area contributed by atoms with Crippen LogP contribution in [0.2, 0.25) is 0 Å². The van der Waals surface area contributed by atoms with Crippen LogP contribution in [-0.4, -0.2) is 10.9 Å². The van der Waals surface area contributed by atoms with Gasteiger partial charge in [0.15, 0.2) is 6.29 Å². The first kappa shape index (κ1) is 11.9. The van der Waals surface area contributed by atoms with Gasteiger partial charge in [0.1, 0.15) is 0 Å². The van der Waals surface area contributed by atoms with Crippen LogP contribution in [0.4, 0.5) is 0 Å². The Balaban J connectivity index is 2.20. The highest BCUT2D eigenvalue weighted by atomic mass is 16.1. The standard InChI is InChI=1S/C16H15NO2/c1-11-2-4-12(5-3-11)15-9-6-13(10-18)16(19)17(15)14-7-8-14/h2-6,9-10,14H,7-8H2,1H3. The molecule has 19 heavy (non-hydrogen) atoms. The first-order chi connectivity index (χ1) is 9.20. The summed E-state index contributed by atoms with van der Waals surface area (Å²) in [7, 11) is 0. The largest absolute Gasteiger partial charge is 0.305 e. The molecule has 0 saturated heterocycles. The van der Waals surface area contributed by atoms with Crippen LogP contribution >= 0.6 is 0 Å². The molecule has 1 fully saturated rings. The van der Waals surface area contributed by atoms with Gasteiger partial charge in [-0.3, -0.25) is 9.59 Å². The van der Waals surface area contributed by atoms with E-state index >= 15 is 0 Å². The lowest BCUT2D eigenvalue weighted by atomic mass is 10.1. The quantitative estimate of drug-likeness (QED) is 0.789. The van der Waals surface area contributed by atoms with Crippen LogP contribution in [0.25, 0.3) is 11.3 Å². The highest BCUT2D eigenvalue weighted by molar-refractivity contribution is 5.75. The zero-order valence-electron chi connectivity index (χ0n) is 10.8. The van der Waals surface area contributed by atoms with Crippen molar-refractivity contribution >= 4 is 6.29 Å². The minimum Gasteiger partial charge on any atom is -0.305 e. The predicted octanol–water partition coefficient (Wildman–Crippen LogP) is 2.97. The van der Waals surface area contributed by atoms with Crippen molar-refractivity contribution in [2.45, 2.75) is 25.8 Å². The van der Waals surface area contributed by atoms with Gasteiger partial charge in [0.05, 0.1) is 11.3 Å². The van der Waals surface area contributed by atoms with E-state index in [9.17, 15) is 9.59 Å². The molecular formula is C16H15NO2. The summed E-state index contributed by atoms with van der Waals surface area (Å²) in [6.07, 6.45) is 2.67. The summed E-state index contributed by atoms with van der Waals surface area (Å²) >= 11 is 0. The lowest BCUT2D eigenvalue weighted by molar-refractivity contribution is 0.112. The van der Waals surface area contributed by atoms with Crippen molar-refractivity contribution in [1.82, 2.24) is 4.57 Å². The van der Waals surface area contributed by atoms with E-state index < -0.39 is 0 Å². The predicted molar refractivity (Wildman–Crippen MR) is 74.5 cm³/mol. The highest BCUT2D eigenvalue weighted by Gasteiger charge is 2.27.